The van der Waals surface area contributed by atoms with Crippen molar-refractivity contribution < 1.29 is 26.3 Å². The summed E-state index contributed by atoms with van der Waals surface area (Å²) >= 11 is 0. The maximum atomic E-state index is 13.7. The summed E-state index contributed by atoms with van der Waals surface area (Å²) in [5, 5.41) is 3.50. The van der Waals surface area contributed by atoms with Gasteiger partial charge in [-0.05, 0) is 56.3 Å². The lowest BCUT2D eigenvalue weighted by molar-refractivity contribution is -0.141. The van der Waals surface area contributed by atoms with Gasteiger partial charge in [-0.3, -0.25) is 9.88 Å². The number of anilines is 2. The molecular formula is C28H26F6N6. The van der Waals surface area contributed by atoms with E-state index in [2.05, 4.69) is 30.2 Å². The number of benzene rings is 1. The summed E-state index contributed by atoms with van der Waals surface area (Å²) in [6.07, 6.45) is -1.25. The zero-order chi connectivity index (χ0) is 28.5. The van der Waals surface area contributed by atoms with Gasteiger partial charge in [-0.2, -0.15) is 26.3 Å². The van der Waals surface area contributed by atoms with Gasteiger partial charge in [0.2, 0.25) is 0 Å². The Morgan fingerprint density at radius 2 is 1.68 bits per heavy atom. The van der Waals surface area contributed by atoms with E-state index >= 15 is 0 Å². The van der Waals surface area contributed by atoms with E-state index in [9.17, 15) is 26.3 Å². The molecule has 0 saturated heterocycles. The fourth-order valence-electron chi connectivity index (χ4n) is 5.00. The second-order valence-corrected chi connectivity index (χ2v) is 9.88. The third kappa shape index (κ3) is 6.16. The van der Waals surface area contributed by atoms with Crippen LogP contribution >= 0.6 is 0 Å². The Kier molecular flexibility index (Phi) is 7.63. The quantitative estimate of drug-likeness (QED) is 0.245. The van der Waals surface area contributed by atoms with E-state index in [1.54, 1.807) is 6.07 Å². The van der Waals surface area contributed by atoms with Crippen LogP contribution < -0.4 is 5.32 Å². The Labute approximate surface area is 226 Å². The molecule has 1 N–H and O–H groups in total. The molecule has 0 spiro atoms. The van der Waals surface area contributed by atoms with Crippen molar-refractivity contribution in [1.29, 1.82) is 0 Å². The van der Waals surface area contributed by atoms with Crippen molar-refractivity contribution in [2.45, 2.75) is 57.0 Å². The van der Waals surface area contributed by atoms with Crippen LogP contribution in [-0.2, 0) is 18.9 Å². The molecule has 1 aliphatic rings. The Hall–Kier alpha value is -3.80. The van der Waals surface area contributed by atoms with Crippen LogP contribution in [0.4, 0.5) is 37.8 Å². The normalized spacial score (nSPS) is 15.1. The van der Waals surface area contributed by atoms with Crippen molar-refractivity contribution >= 4 is 22.4 Å². The smallest absolute Gasteiger partial charge is 0.338 e. The molecule has 6 nitrogen and oxygen atoms in total. The molecule has 3 aromatic heterocycles. The Morgan fingerprint density at radius 1 is 0.900 bits per heavy atom. The molecule has 0 radical (unpaired) electrons. The maximum Gasteiger partial charge on any atom is 0.433 e. The number of halogens is 6. The van der Waals surface area contributed by atoms with Crippen LogP contribution in [0.2, 0.25) is 0 Å². The number of hydrogen-bond donors (Lipinski definition) is 1. The number of alkyl halides is 6. The lowest BCUT2D eigenvalue weighted by Gasteiger charge is -2.30. The fraction of sp³-hybridized carbons (Fsp3) is 0.357. The molecule has 0 atom stereocenters. The first-order valence-corrected chi connectivity index (χ1v) is 12.8. The predicted octanol–water partition coefficient (Wildman–Crippen LogP) is 7.63. The number of nitrogens with one attached hydrogen (secondary N) is 1. The molecule has 3 heterocycles. The van der Waals surface area contributed by atoms with Gasteiger partial charge in [0.1, 0.15) is 17.3 Å². The van der Waals surface area contributed by atoms with E-state index in [0.29, 0.717) is 35.1 Å². The van der Waals surface area contributed by atoms with Crippen LogP contribution in [0, 0.1) is 0 Å². The van der Waals surface area contributed by atoms with Gasteiger partial charge in [-0.15, -0.1) is 0 Å². The molecular weight excluding hydrogens is 534 g/mol. The van der Waals surface area contributed by atoms with Crippen LogP contribution in [0.5, 0.6) is 0 Å². The van der Waals surface area contributed by atoms with E-state index in [4.69, 9.17) is 0 Å². The van der Waals surface area contributed by atoms with Gasteiger partial charge < -0.3 is 5.32 Å². The standard InChI is InChI=1S/C28H26F6N6/c1-40(19-6-3-2-4-7-19)16-24-38-22-14-17(25-21(27(29,30)31)8-5-13-35-25)9-11-20(22)26(39-24)37-18-10-12-23(36-15-18)28(32,33)34/h5,8-15,19H,2-4,6-7,16H2,1H3,(H,37,38,39). The van der Waals surface area contributed by atoms with Crippen molar-refractivity contribution in [3.63, 3.8) is 0 Å². The van der Waals surface area contributed by atoms with E-state index < -0.39 is 23.6 Å². The maximum absolute atomic E-state index is 13.7. The second kappa shape index (κ2) is 11.0. The highest BCUT2D eigenvalue weighted by Crippen LogP contribution is 2.37. The van der Waals surface area contributed by atoms with Gasteiger partial charge in [-0.1, -0.05) is 25.3 Å². The fourth-order valence-corrected chi connectivity index (χ4v) is 5.00. The van der Waals surface area contributed by atoms with Crippen molar-refractivity contribution in [2.24, 2.45) is 0 Å². The zero-order valence-corrected chi connectivity index (χ0v) is 21.5. The molecule has 12 heteroatoms. The summed E-state index contributed by atoms with van der Waals surface area (Å²) in [6, 6.07) is 9.27. The monoisotopic (exact) mass is 560 g/mol. The molecule has 5 rings (SSSR count). The van der Waals surface area contributed by atoms with Crippen LogP contribution in [0.15, 0.2) is 54.9 Å². The molecule has 0 amide bonds. The average Bonchev–Trinajstić information content (AvgIpc) is 2.92. The molecule has 40 heavy (non-hydrogen) atoms. The molecule has 1 aliphatic carbocycles. The number of nitrogens with zero attached hydrogens (tertiary/aromatic N) is 5. The summed E-state index contributed by atoms with van der Waals surface area (Å²) in [5.74, 6) is 0.736. The average molecular weight is 561 g/mol. The first kappa shape index (κ1) is 27.8. The summed E-state index contributed by atoms with van der Waals surface area (Å²) < 4.78 is 80.0. The molecule has 4 aromatic rings. The minimum absolute atomic E-state index is 0.224. The Morgan fingerprint density at radius 3 is 2.35 bits per heavy atom. The van der Waals surface area contributed by atoms with Crippen molar-refractivity contribution in [3.05, 3.63) is 71.9 Å². The summed E-state index contributed by atoms with van der Waals surface area (Å²) in [7, 11) is 1.98. The third-order valence-corrected chi connectivity index (χ3v) is 7.04. The molecule has 1 aromatic carbocycles. The molecule has 1 saturated carbocycles. The molecule has 0 bridgehead atoms. The van der Waals surface area contributed by atoms with Crippen LogP contribution in [-0.4, -0.2) is 37.9 Å². The minimum Gasteiger partial charge on any atom is -0.338 e. The van der Waals surface area contributed by atoms with Crippen LogP contribution in [0.25, 0.3) is 22.2 Å². The summed E-state index contributed by atoms with van der Waals surface area (Å²) in [6.45, 7) is 0.391. The number of rotatable bonds is 6. The first-order chi connectivity index (χ1) is 19.0. The summed E-state index contributed by atoms with van der Waals surface area (Å²) in [4.78, 5) is 19.0. The van der Waals surface area contributed by atoms with E-state index in [1.165, 1.54) is 36.9 Å². The summed E-state index contributed by atoms with van der Waals surface area (Å²) in [5.41, 5.74) is -1.24. The minimum atomic E-state index is -4.60. The number of pyridine rings is 2. The molecule has 0 aliphatic heterocycles. The molecule has 1 fully saturated rings. The van der Waals surface area contributed by atoms with Gasteiger partial charge in [0.25, 0.3) is 0 Å². The van der Waals surface area contributed by atoms with Crippen molar-refractivity contribution in [2.75, 3.05) is 12.4 Å². The second-order valence-electron chi connectivity index (χ2n) is 9.88. The lowest BCUT2D eigenvalue weighted by atomic mass is 9.94. The van der Waals surface area contributed by atoms with Gasteiger partial charge in [0, 0.05) is 23.2 Å². The highest BCUT2D eigenvalue weighted by Gasteiger charge is 2.34. The number of aromatic nitrogens is 4. The molecule has 210 valence electrons. The highest BCUT2D eigenvalue weighted by molar-refractivity contribution is 5.93. The number of fused-ring (bicyclic) bond motifs is 1. The Balaban J connectivity index is 1.56. The van der Waals surface area contributed by atoms with Crippen LogP contribution in [0.3, 0.4) is 0 Å². The zero-order valence-electron chi connectivity index (χ0n) is 21.5. The van der Waals surface area contributed by atoms with Gasteiger partial charge in [0.15, 0.2) is 0 Å². The predicted molar refractivity (Wildman–Crippen MR) is 139 cm³/mol. The Bertz CT molecular complexity index is 1480. The van der Waals surface area contributed by atoms with Crippen LogP contribution in [0.1, 0.15) is 49.2 Å². The topological polar surface area (TPSA) is 66.8 Å². The van der Waals surface area contributed by atoms with E-state index in [0.717, 1.165) is 44.0 Å². The number of hydrogen-bond acceptors (Lipinski definition) is 6. The van der Waals surface area contributed by atoms with Gasteiger partial charge in [-0.25, -0.2) is 15.0 Å². The van der Waals surface area contributed by atoms with E-state index in [-0.39, 0.29) is 16.9 Å². The van der Waals surface area contributed by atoms with E-state index in [1.807, 2.05) is 7.05 Å². The molecule has 0 unspecified atom stereocenters. The van der Waals surface area contributed by atoms with Gasteiger partial charge in [0.05, 0.1) is 35.2 Å². The largest absolute Gasteiger partial charge is 0.433 e. The van der Waals surface area contributed by atoms with Crippen molar-refractivity contribution in [3.8, 4) is 11.3 Å². The lowest BCUT2D eigenvalue weighted by Crippen LogP contribution is -2.33. The van der Waals surface area contributed by atoms with Crippen molar-refractivity contribution in [1.82, 2.24) is 24.8 Å². The first-order valence-electron chi connectivity index (χ1n) is 12.8. The third-order valence-electron chi connectivity index (χ3n) is 7.04. The SMILES string of the molecule is CN(Cc1nc(Nc2ccc(C(F)(F)F)nc2)c2ccc(-c3ncccc3C(F)(F)F)cc2n1)C1CCCCC1. The van der Waals surface area contributed by atoms with Gasteiger partial charge >= 0.3 is 12.4 Å². The highest BCUT2D eigenvalue weighted by atomic mass is 19.4.